The molecule has 0 aliphatic carbocycles. The Kier molecular flexibility index (Phi) is 9.07. The molecule has 1 unspecified atom stereocenters. The van der Waals surface area contributed by atoms with Crippen LogP contribution in [-0.2, 0) is 0 Å². The van der Waals surface area contributed by atoms with Gasteiger partial charge < -0.3 is 0 Å². The van der Waals surface area contributed by atoms with Gasteiger partial charge in [-0.1, -0.05) is 67.0 Å². The lowest BCUT2D eigenvalue weighted by atomic mass is 9.85. The van der Waals surface area contributed by atoms with Gasteiger partial charge in [-0.3, -0.25) is 4.99 Å². The van der Waals surface area contributed by atoms with E-state index in [2.05, 4.69) is 69.3 Å². The summed E-state index contributed by atoms with van der Waals surface area (Å²) in [6, 6.07) is 8.61. The van der Waals surface area contributed by atoms with Gasteiger partial charge in [0, 0.05) is 8.47 Å². The van der Waals surface area contributed by atoms with Gasteiger partial charge in [0.15, 0.2) is 0 Å². The molecule has 0 N–H and O–H groups in total. The summed E-state index contributed by atoms with van der Waals surface area (Å²) in [5.74, 6) is 0.576. The lowest BCUT2D eigenvalue weighted by Crippen LogP contribution is -2.08. The average Bonchev–Trinajstić information content (AvgIpc) is 2.56. The first-order valence-electron chi connectivity index (χ1n) is 9.01. The van der Waals surface area contributed by atoms with Crippen LogP contribution in [0.3, 0.4) is 0 Å². The molecule has 0 aromatic heterocycles. The molecule has 1 nitrogen and oxygen atoms in total. The number of benzene rings is 1. The first-order valence-corrected chi connectivity index (χ1v) is 9.01. The molecule has 1 rings (SSSR count). The molecular weight excluding hydrogens is 290 g/mol. The van der Waals surface area contributed by atoms with Crippen LogP contribution >= 0.6 is 0 Å². The van der Waals surface area contributed by atoms with Crippen molar-refractivity contribution in [2.75, 3.05) is 7.05 Å². The van der Waals surface area contributed by atoms with Crippen molar-refractivity contribution in [2.24, 2.45) is 10.9 Å². The first kappa shape index (κ1) is 20.2. The maximum atomic E-state index is 4.55. The van der Waals surface area contributed by atoms with E-state index in [1.807, 2.05) is 13.1 Å². The summed E-state index contributed by atoms with van der Waals surface area (Å²) in [6.45, 7) is 14.5. The number of hydrogen-bond donors (Lipinski definition) is 0. The van der Waals surface area contributed by atoms with Crippen LogP contribution in [0.15, 0.2) is 65.7 Å². The van der Waals surface area contributed by atoms with Crippen LogP contribution in [0.25, 0.3) is 0 Å². The molecule has 0 amide bonds. The quantitative estimate of drug-likeness (QED) is 0.326. The maximum Gasteiger partial charge on any atom is 0.0642 e. The molecule has 0 radical (unpaired) electrons. The van der Waals surface area contributed by atoms with E-state index >= 15 is 0 Å². The van der Waals surface area contributed by atoms with E-state index in [1.54, 1.807) is 0 Å². The Balaban J connectivity index is 0.00000576. The summed E-state index contributed by atoms with van der Waals surface area (Å²) < 4.78 is 0. The van der Waals surface area contributed by atoms with Crippen molar-refractivity contribution in [3.05, 3.63) is 71.8 Å². The molecule has 1 aromatic rings. The molecule has 1 heteroatoms. The Bertz CT molecular complexity index is 593. The fourth-order valence-corrected chi connectivity index (χ4v) is 3.02. The van der Waals surface area contributed by atoms with Gasteiger partial charge in [0.05, 0.1) is 5.71 Å². The predicted octanol–water partition coefficient (Wildman–Crippen LogP) is 6.94. The zero-order valence-corrected chi connectivity index (χ0v) is 15.9. The van der Waals surface area contributed by atoms with E-state index in [1.165, 1.54) is 35.1 Å². The Labute approximate surface area is 150 Å². The van der Waals surface area contributed by atoms with E-state index in [-0.39, 0.29) is 1.43 Å². The zero-order valence-electron chi connectivity index (χ0n) is 15.9. The number of hydrogen-bond acceptors (Lipinski definition) is 1. The Morgan fingerprint density at radius 2 is 1.92 bits per heavy atom. The molecule has 1 aromatic carbocycles. The average molecular weight is 326 g/mol. The fraction of sp³-hybridized carbons (Fsp3) is 0.435. The van der Waals surface area contributed by atoms with Crippen molar-refractivity contribution in [1.29, 1.82) is 0 Å². The minimum absolute atomic E-state index is 0. The molecule has 0 aliphatic heterocycles. The van der Waals surface area contributed by atoms with Crippen LogP contribution in [0.5, 0.6) is 0 Å². The lowest BCUT2D eigenvalue weighted by molar-refractivity contribution is 0.506. The molecule has 0 bridgehead atoms. The Hall–Kier alpha value is -1.89. The van der Waals surface area contributed by atoms with Gasteiger partial charge >= 0.3 is 0 Å². The molecule has 0 spiro atoms. The number of nitrogens with zero attached hydrogens (tertiary/aromatic N) is 1. The van der Waals surface area contributed by atoms with Crippen LogP contribution < -0.4 is 0 Å². The highest BCUT2D eigenvalue weighted by atomic mass is 14.7. The molecule has 0 saturated carbocycles. The third kappa shape index (κ3) is 6.70. The highest BCUT2D eigenvalue weighted by molar-refractivity contribution is 6.09. The lowest BCUT2D eigenvalue weighted by Gasteiger charge is -2.20. The molecule has 0 saturated heterocycles. The van der Waals surface area contributed by atoms with E-state index in [0.717, 1.165) is 25.0 Å². The van der Waals surface area contributed by atoms with Crippen molar-refractivity contribution < 1.29 is 1.43 Å². The predicted molar refractivity (Wildman–Crippen MR) is 111 cm³/mol. The normalized spacial score (nSPS) is 13.7. The van der Waals surface area contributed by atoms with Crippen LogP contribution in [0, 0.1) is 12.8 Å². The van der Waals surface area contributed by atoms with Crippen LogP contribution in [0.1, 0.15) is 58.5 Å². The van der Waals surface area contributed by atoms with Crippen molar-refractivity contribution >= 4 is 5.71 Å². The standard InChI is InChI=1S/C23H33N.H2/c1-7-9-11-20(10-8-2)22(16-18(3)4)17-23(24-6)21-14-12-19(5)13-15-21;/h7,12-15,17,20H,1,3,8-11,16H2,2,4-6H3;1H/b22-17+,24-23?;. The zero-order chi connectivity index (χ0) is 17.9. The van der Waals surface area contributed by atoms with Gasteiger partial charge in [0.2, 0.25) is 0 Å². The summed E-state index contributed by atoms with van der Waals surface area (Å²) in [4.78, 5) is 4.55. The first-order chi connectivity index (χ1) is 11.5. The van der Waals surface area contributed by atoms with Gasteiger partial charge in [-0.2, -0.15) is 0 Å². The van der Waals surface area contributed by atoms with E-state index in [0.29, 0.717) is 5.92 Å². The highest BCUT2D eigenvalue weighted by Gasteiger charge is 2.14. The molecular formula is C23H35N. The van der Waals surface area contributed by atoms with Crippen molar-refractivity contribution in [1.82, 2.24) is 0 Å². The number of rotatable bonds is 10. The fourth-order valence-electron chi connectivity index (χ4n) is 3.02. The van der Waals surface area contributed by atoms with Crippen LogP contribution in [0.2, 0.25) is 0 Å². The molecule has 132 valence electrons. The third-order valence-electron chi connectivity index (χ3n) is 4.30. The molecule has 1 atom stereocenters. The minimum Gasteiger partial charge on any atom is -0.288 e. The van der Waals surface area contributed by atoms with Crippen molar-refractivity contribution in [3.63, 3.8) is 0 Å². The van der Waals surface area contributed by atoms with Crippen molar-refractivity contribution in [3.8, 4) is 0 Å². The van der Waals surface area contributed by atoms with Crippen molar-refractivity contribution in [2.45, 2.75) is 52.9 Å². The third-order valence-corrected chi connectivity index (χ3v) is 4.30. The monoisotopic (exact) mass is 325 g/mol. The van der Waals surface area contributed by atoms with Gasteiger partial charge in [-0.15, -0.1) is 6.58 Å². The second-order valence-corrected chi connectivity index (χ2v) is 6.68. The summed E-state index contributed by atoms with van der Waals surface area (Å²) >= 11 is 0. The Morgan fingerprint density at radius 1 is 1.25 bits per heavy atom. The summed E-state index contributed by atoms with van der Waals surface area (Å²) in [5, 5.41) is 0. The summed E-state index contributed by atoms with van der Waals surface area (Å²) in [5.41, 5.74) is 6.18. The van der Waals surface area contributed by atoms with E-state index in [9.17, 15) is 0 Å². The highest BCUT2D eigenvalue weighted by Crippen LogP contribution is 2.28. The number of allylic oxidation sites excluding steroid dienone is 4. The number of aryl methyl sites for hydroxylation is 1. The van der Waals surface area contributed by atoms with Crippen LogP contribution in [-0.4, -0.2) is 12.8 Å². The number of aliphatic imine (C=N–C) groups is 1. The van der Waals surface area contributed by atoms with E-state index in [4.69, 9.17) is 0 Å². The topological polar surface area (TPSA) is 12.4 Å². The van der Waals surface area contributed by atoms with Gasteiger partial charge in [-0.25, -0.2) is 0 Å². The SMILES string of the molecule is C=CCCC(CCC)/C(=C/C(=NC)c1ccc(C)cc1)CC(=C)C.[HH]. The summed E-state index contributed by atoms with van der Waals surface area (Å²) in [6.07, 6.45) is 9.88. The molecule has 0 fully saturated rings. The van der Waals surface area contributed by atoms with Gasteiger partial charge in [0.25, 0.3) is 0 Å². The second kappa shape index (κ2) is 10.8. The minimum atomic E-state index is 0. The summed E-state index contributed by atoms with van der Waals surface area (Å²) in [7, 11) is 1.88. The van der Waals surface area contributed by atoms with Gasteiger partial charge in [0.1, 0.15) is 0 Å². The molecule has 24 heavy (non-hydrogen) atoms. The van der Waals surface area contributed by atoms with Gasteiger partial charge in [-0.05, 0) is 57.1 Å². The maximum absolute atomic E-state index is 4.55. The molecule has 0 aliphatic rings. The Morgan fingerprint density at radius 3 is 2.42 bits per heavy atom. The smallest absolute Gasteiger partial charge is 0.0642 e. The second-order valence-electron chi connectivity index (χ2n) is 6.68. The van der Waals surface area contributed by atoms with Crippen LogP contribution in [0.4, 0.5) is 0 Å². The van der Waals surface area contributed by atoms with E-state index < -0.39 is 0 Å². The largest absolute Gasteiger partial charge is 0.288 e. The molecule has 0 heterocycles.